The lowest BCUT2D eigenvalue weighted by atomic mass is 10.1. The van der Waals surface area contributed by atoms with Crippen LogP contribution in [0.25, 0.3) is 0 Å². The summed E-state index contributed by atoms with van der Waals surface area (Å²) in [5.74, 6) is 0.734. The number of ether oxygens (including phenoxy) is 1. The maximum atomic E-state index is 12.6. The highest BCUT2D eigenvalue weighted by Crippen LogP contribution is 2.17. The van der Waals surface area contributed by atoms with Crippen molar-refractivity contribution in [2.75, 3.05) is 38.6 Å². The molecule has 8 heteroatoms. The summed E-state index contributed by atoms with van der Waals surface area (Å²) < 4.78 is 5.10. The molecule has 0 bridgehead atoms. The number of nitrogens with zero attached hydrogens (tertiary/aromatic N) is 2. The lowest BCUT2D eigenvalue weighted by Gasteiger charge is -2.22. The van der Waals surface area contributed by atoms with E-state index in [1.807, 2.05) is 0 Å². The molecule has 2 aromatic rings. The van der Waals surface area contributed by atoms with E-state index >= 15 is 0 Å². The molecule has 0 saturated carbocycles. The van der Waals surface area contributed by atoms with Gasteiger partial charge in [-0.15, -0.1) is 0 Å². The summed E-state index contributed by atoms with van der Waals surface area (Å²) in [6.07, 6.45) is 1.84. The molecule has 0 unspecified atom stereocenters. The quantitative estimate of drug-likeness (QED) is 0.622. The average molecular weight is 458 g/mol. The van der Waals surface area contributed by atoms with E-state index < -0.39 is 0 Å². The number of amides is 3. The van der Waals surface area contributed by atoms with Gasteiger partial charge >= 0.3 is 6.03 Å². The van der Waals surface area contributed by atoms with Crippen molar-refractivity contribution in [2.24, 2.45) is 0 Å². The molecule has 170 valence electrons. The van der Waals surface area contributed by atoms with E-state index in [-0.39, 0.29) is 17.7 Å². The van der Waals surface area contributed by atoms with Crippen LogP contribution in [0.2, 0.25) is 5.02 Å². The zero-order valence-electron chi connectivity index (χ0n) is 18.2. The van der Waals surface area contributed by atoms with Crippen LogP contribution >= 0.6 is 11.6 Å². The normalized spacial score (nSPS) is 13.9. The third-order valence-electron chi connectivity index (χ3n) is 5.42. The summed E-state index contributed by atoms with van der Waals surface area (Å²) in [7, 11) is 1.58. The first-order chi connectivity index (χ1) is 15.5. The van der Waals surface area contributed by atoms with Gasteiger partial charge in [0.25, 0.3) is 0 Å². The first kappa shape index (κ1) is 23.6. The van der Waals surface area contributed by atoms with Crippen molar-refractivity contribution in [3.8, 4) is 5.75 Å². The smallest absolute Gasteiger partial charge is 0.321 e. The number of carbonyl (C=O) groups is 3. The Kier molecular flexibility index (Phi) is 8.50. The van der Waals surface area contributed by atoms with Gasteiger partial charge in [0.05, 0.1) is 7.11 Å². The Bertz CT molecular complexity index is 949. The van der Waals surface area contributed by atoms with Crippen LogP contribution < -0.4 is 10.1 Å². The van der Waals surface area contributed by atoms with Gasteiger partial charge in [0.15, 0.2) is 5.78 Å². The maximum absolute atomic E-state index is 12.6. The number of urea groups is 1. The van der Waals surface area contributed by atoms with Crippen molar-refractivity contribution < 1.29 is 19.1 Å². The number of carbonyl (C=O) groups excluding carboxylic acids is 3. The predicted octanol–water partition coefficient (Wildman–Crippen LogP) is 4.47. The third-order valence-corrected chi connectivity index (χ3v) is 5.65. The van der Waals surface area contributed by atoms with Crippen LogP contribution in [0.1, 0.15) is 36.0 Å². The van der Waals surface area contributed by atoms with Crippen molar-refractivity contribution in [3.05, 3.63) is 59.1 Å². The van der Waals surface area contributed by atoms with E-state index in [0.29, 0.717) is 73.9 Å². The van der Waals surface area contributed by atoms with E-state index in [1.165, 1.54) is 0 Å². The van der Waals surface area contributed by atoms with E-state index in [2.05, 4.69) is 5.32 Å². The minimum Gasteiger partial charge on any atom is -0.497 e. The average Bonchev–Trinajstić information content (AvgIpc) is 3.05. The van der Waals surface area contributed by atoms with Gasteiger partial charge in [-0.05, 0) is 55.3 Å². The minimum absolute atomic E-state index is 0.0141. The molecular weight excluding hydrogens is 430 g/mol. The van der Waals surface area contributed by atoms with Crippen molar-refractivity contribution in [2.45, 2.75) is 25.7 Å². The number of rotatable bonds is 7. The number of ketones is 1. The zero-order chi connectivity index (χ0) is 22.9. The predicted molar refractivity (Wildman–Crippen MR) is 124 cm³/mol. The molecule has 7 nitrogen and oxygen atoms in total. The van der Waals surface area contributed by atoms with Crippen LogP contribution in [0, 0.1) is 0 Å². The summed E-state index contributed by atoms with van der Waals surface area (Å²) in [6.45, 7) is 2.12. The summed E-state index contributed by atoms with van der Waals surface area (Å²) in [6, 6.07) is 13.8. The van der Waals surface area contributed by atoms with Crippen molar-refractivity contribution >= 4 is 35.0 Å². The van der Waals surface area contributed by atoms with Crippen LogP contribution in [-0.2, 0) is 4.79 Å². The van der Waals surface area contributed by atoms with Gasteiger partial charge in [0.1, 0.15) is 5.75 Å². The molecule has 0 aliphatic carbocycles. The van der Waals surface area contributed by atoms with Crippen LogP contribution in [0.5, 0.6) is 5.75 Å². The molecule has 3 rings (SSSR count). The molecule has 1 N–H and O–H groups in total. The second-order valence-corrected chi connectivity index (χ2v) is 8.10. The molecule has 3 amide bonds. The Labute approximate surface area is 193 Å². The Morgan fingerprint density at radius 1 is 0.969 bits per heavy atom. The number of hydrogen-bond donors (Lipinski definition) is 1. The summed E-state index contributed by atoms with van der Waals surface area (Å²) >= 11 is 5.97. The van der Waals surface area contributed by atoms with E-state index in [9.17, 15) is 14.4 Å². The van der Waals surface area contributed by atoms with Gasteiger partial charge in [0, 0.05) is 55.3 Å². The molecule has 32 heavy (non-hydrogen) atoms. The molecular formula is C24H28ClN3O4. The number of nitrogens with one attached hydrogen (secondary N) is 1. The fraction of sp³-hybridized carbons (Fsp3) is 0.375. The van der Waals surface area contributed by atoms with Crippen molar-refractivity contribution in [3.63, 3.8) is 0 Å². The number of halogens is 1. The van der Waals surface area contributed by atoms with Crippen LogP contribution in [0.4, 0.5) is 10.5 Å². The molecule has 1 saturated heterocycles. The molecule has 0 atom stereocenters. The van der Waals surface area contributed by atoms with E-state index in [1.54, 1.807) is 65.4 Å². The van der Waals surface area contributed by atoms with E-state index in [0.717, 1.165) is 0 Å². The standard InChI is InChI=1S/C24H28ClN3O4/c1-32-21-11-9-18(10-12-21)22(29)7-3-8-23(30)27-13-4-14-28(16-15-27)24(31)26-20-6-2-5-19(25)17-20/h2,5-6,9-12,17H,3-4,7-8,13-16H2,1H3,(H,26,31). The number of methoxy groups -OCH3 is 1. The fourth-order valence-electron chi connectivity index (χ4n) is 3.62. The monoisotopic (exact) mass is 457 g/mol. The number of benzene rings is 2. The van der Waals surface area contributed by atoms with Gasteiger partial charge in [-0.1, -0.05) is 17.7 Å². The number of hydrogen-bond acceptors (Lipinski definition) is 4. The summed E-state index contributed by atoms with van der Waals surface area (Å²) in [5.41, 5.74) is 1.26. The van der Waals surface area contributed by atoms with Crippen LogP contribution in [0.15, 0.2) is 48.5 Å². The van der Waals surface area contributed by atoms with Gasteiger partial charge in [-0.2, -0.15) is 0 Å². The SMILES string of the molecule is COc1ccc(C(=O)CCCC(=O)N2CCCN(C(=O)Nc3cccc(Cl)c3)CC2)cc1. The van der Waals surface area contributed by atoms with Crippen molar-refractivity contribution in [1.29, 1.82) is 0 Å². The van der Waals surface area contributed by atoms with Gasteiger partial charge in [-0.3, -0.25) is 9.59 Å². The van der Waals surface area contributed by atoms with Gasteiger partial charge in [-0.25, -0.2) is 4.79 Å². The zero-order valence-corrected chi connectivity index (χ0v) is 18.9. The Morgan fingerprint density at radius 3 is 2.41 bits per heavy atom. The second kappa shape index (κ2) is 11.5. The summed E-state index contributed by atoms with van der Waals surface area (Å²) in [4.78, 5) is 41.0. The first-order valence-corrected chi connectivity index (χ1v) is 11.1. The number of anilines is 1. The lowest BCUT2D eigenvalue weighted by Crippen LogP contribution is -2.39. The first-order valence-electron chi connectivity index (χ1n) is 10.7. The van der Waals surface area contributed by atoms with Gasteiger partial charge in [0.2, 0.25) is 5.91 Å². The Balaban J connectivity index is 1.42. The second-order valence-electron chi connectivity index (χ2n) is 7.67. The molecule has 1 fully saturated rings. The highest BCUT2D eigenvalue weighted by molar-refractivity contribution is 6.30. The fourth-order valence-corrected chi connectivity index (χ4v) is 3.81. The molecule has 0 radical (unpaired) electrons. The largest absolute Gasteiger partial charge is 0.497 e. The highest BCUT2D eigenvalue weighted by atomic mass is 35.5. The molecule has 0 aromatic heterocycles. The lowest BCUT2D eigenvalue weighted by molar-refractivity contribution is -0.131. The third kappa shape index (κ3) is 6.72. The Morgan fingerprint density at radius 2 is 1.69 bits per heavy atom. The highest BCUT2D eigenvalue weighted by Gasteiger charge is 2.22. The molecule has 1 heterocycles. The number of Topliss-reactive ketones (excluding diaryl/α,β-unsaturated/α-hetero) is 1. The van der Waals surface area contributed by atoms with Crippen LogP contribution in [0.3, 0.4) is 0 Å². The Hall–Kier alpha value is -3.06. The molecule has 2 aromatic carbocycles. The van der Waals surface area contributed by atoms with E-state index in [4.69, 9.17) is 16.3 Å². The van der Waals surface area contributed by atoms with Crippen LogP contribution in [-0.4, -0.2) is 60.8 Å². The minimum atomic E-state index is -0.202. The van der Waals surface area contributed by atoms with Gasteiger partial charge < -0.3 is 19.9 Å². The summed E-state index contributed by atoms with van der Waals surface area (Å²) in [5, 5.41) is 3.40. The topological polar surface area (TPSA) is 79.0 Å². The maximum Gasteiger partial charge on any atom is 0.321 e. The molecule has 1 aliphatic rings. The van der Waals surface area contributed by atoms with Crippen molar-refractivity contribution in [1.82, 2.24) is 9.80 Å². The molecule has 0 spiro atoms. The molecule has 1 aliphatic heterocycles.